The molecule has 0 bridgehead atoms. The molecule has 0 radical (unpaired) electrons. The second-order valence-corrected chi connectivity index (χ2v) is 4.11. The molecule has 2 heteroatoms. The van der Waals surface area contributed by atoms with Crippen molar-refractivity contribution in [1.29, 1.82) is 0 Å². The smallest absolute Gasteiger partial charge is 0.309 e. The Morgan fingerprint density at radius 2 is 2.33 bits per heavy atom. The van der Waals surface area contributed by atoms with Gasteiger partial charge in [-0.3, -0.25) is 4.79 Å². The van der Waals surface area contributed by atoms with Crippen LogP contribution in [0.2, 0.25) is 0 Å². The second-order valence-electron chi connectivity index (χ2n) is 4.11. The fourth-order valence-corrected chi connectivity index (χ4v) is 1.97. The molecule has 0 N–H and O–H groups in total. The molecule has 1 aromatic carbocycles. The molecule has 0 saturated heterocycles. The number of esters is 1. The highest BCUT2D eigenvalue weighted by Gasteiger charge is 2.44. The van der Waals surface area contributed by atoms with E-state index < -0.39 is 0 Å². The first-order valence-corrected chi connectivity index (χ1v) is 5.45. The first-order valence-electron chi connectivity index (χ1n) is 5.45. The normalized spacial score (nSPS) is 23.6. The van der Waals surface area contributed by atoms with E-state index in [2.05, 4.69) is 25.1 Å². The number of carbonyl (C=O) groups is 1. The van der Waals surface area contributed by atoms with Gasteiger partial charge in [0.25, 0.3) is 0 Å². The first-order chi connectivity index (χ1) is 7.22. The third-order valence-corrected chi connectivity index (χ3v) is 2.85. The molecule has 1 saturated carbocycles. The summed E-state index contributed by atoms with van der Waals surface area (Å²) in [6.45, 7) is 4.41. The van der Waals surface area contributed by atoms with E-state index in [4.69, 9.17) is 4.74 Å². The second kappa shape index (κ2) is 4.05. The van der Waals surface area contributed by atoms with Gasteiger partial charge in [0.1, 0.15) is 0 Å². The molecular weight excluding hydrogens is 188 g/mol. The Kier molecular flexibility index (Phi) is 2.76. The van der Waals surface area contributed by atoms with Crippen LogP contribution in [0.3, 0.4) is 0 Å². The predicted octanol–water partition coefficient (Wildman–Crippen LogP) is 2.66. The molecule has 2 rings (SSSR count). The molecule has 1 aliphatic rings. The summed E-state index contributed by atoms with van der Waals surface area (Å²) in [5, 5.41) is 0. The molecule has 0 aromatic heterocycles. The number of ether oxygens (including phenoxy) is 1. The fraction of sp³-hybridized carbons (Fsp3) is 0.462. The average Bonchev–Trinajstić information content (AvgIpc) is 2.97. The number of hydrogen-bond acceptors (Lipinski definition) is 2. The number of carbonyl (C=O) groups excluding carboxylic acids is 1. The van der Waals surface area contributed by atoms with E-state index in [1.807, 2.05) is 13.0 Å². The minimum atomic E-state index is -0.0380. The van der Waals surface area contributed by atoms with Gasteiger partial charge in [0, 0.05) is 0 Å². The molecular formula is C13H16O2. The zero-order valence-electron chi connectivity index (χ0n) is 9.19. The van der Waals surface area contributed by atoms with Crippen LogP contribution < -0.4 is 0 Å². The van der Waals surface area contributed by atoms with Gasteiger partial charge in [0.2, 0.25) is 0 Å². The molecule has 2 atom stereocenters. The van der Waals surface area contributed by atoms with E-state index >= 15 is 0 Å². The maximum atomic E-state index is 11.5. The maximum absolute atomic E-state index is 11.5. The minimum Gasteiger partial charge on any atom is -0.466 e. The predicted molar refractivity (Wildman–Crippen MR) is 58.7 cm³/mol. The summed E-state index contributed by atoms with van der Waals surface area (Å²) in [5.74, 6) is 0.458. The standard InChI is InChI=1S/C13H16O2/c1-3-15-13(14)12-8-11(12)10-6-4-5-9(2)7-10/h4-7,11-12H,3,8H2,1-2H3. The van der Waals surface area contributed by atoms with Crippen LogP contribution in [0.4, 0.5) is 0 Å². The highest BCUT2D eigenvalue weighted by atomic mass is 16.5. The van der Waals surface area contributed by atoms with Crippen LogP contribution in [-0.4, -0.2) is 12.6 Å². The van der Waals surface area contributed by atoms with Crippen LogP contribution in [0.15, 0.2) is 24.3 Å². The highest BCUT2D eigenvalue weighted by Crippen LogP contribution is 2.48. The minimum absolute atomic E-state index is 0.0380. The van der Waals surface area contributed by atoms with Crippen molar-refractivity contribution in [2.24, 2.45) is 5.92 Å². The van der Waals surface area contributed by atoms with Crippen molar-refractivity contribution in [2.45, 2.75) is 26.2 Å². The topological polar surface area (TPSA) is 26.3 Å². The van der Waals surface area contributed by atoms with Crippen molar-refractivity contribution in [3.05, 3.63) is 35.4 Å². The van der Waals surface area contributed by atoms with Gasteiger partial charge in [0.15, 0.2) is 0 Å². The lowest BCUT2D eigenvalue weighted by Crippen LogP contribution is -2.07. The third-order valence-electron chi connectivity index (χ3n) is 2.85. The van der Waals surface area contributed by atoms with Crippen LogP contribution in [-0.2, 0) is 9.53 Å². The zero-order valence-corrected chi connectivity index (χ0v) is 9.19. The molecule has 0 spiro atoms. The van der Waals surface area contributed by atoms with Crippen LogP contribution in [0.5, 0.6) is 0 Å². The lowest BCUT2D eigenvalue weighted by molar-refractivity contribution is -0.144. The molecule has 2 unspecified atom stereocenters. The molecule has 0 heterocycles. The quantitative estimate of drug-likeness (QED) is 0.707. The molecule has 1 aliphatic carbocycles. The first kappa shape index (κ1) is 10.2. The number of rotatable bonds is 3. The zero-order chi connectivity index (χ0) is 10.8. The van der Waals surface area contributed by atoms with Crippen LogP contribution in [0.1, 0.15) is 30.4 Å². The summed E-state index contributed by atoms with van der Waals surface area (Å²) in [6, 6.07) is 8.37. The fourth-order valence-electron chi connectivity index (χ4n) is 1.97. The van der Waals surface area contributed by atoms with Crippen LogP contribution in [0, 0.1) is 12.8 Å². The Labute approximate surface area is 90.3 Å². The molecule has 80 valence electrons. The molecule has 2 nitrogen and oxygen atoms in total. The summed E-state index contributed by atoms with van der Waals surface area (Å²) >= 11 is 0. The Balaban J connectivity index is 2.01. The molecule has 1 fully saturated rings. The molecule has 1 aromatic rings. The maximum Gasteiger partial charge on any atom is 0.309 e. The van der Waals surface area contributed by atoms with Crippen LogP contribution in [0.25, 0.3) is 0 Å². The molecule has 0 aliphatic heterocycles. The van der Waals surface area contributed by atoms with E-state index in [1.54, 1.807) is 0 Å². The highest BCUT2D eigenvalue weighted by molar-refractivity contribution is 5.77. The van der Waals surface area contributed by atoms with E-state index in [-0.39, 0.29) is 11.9 Å². The summed E-state index contributed by atoms with van der Waals surface area (Å²) in [5.41, 5.74) is 2.52. The van der Waals surface area contributed by atoms with Gasteiger partial charge in [-0.05, 0) is 31.7 Å². The Morgan fingerprint density at radius 3 is 3.00 bits per heavy atom. The Bertz CT molecular complexity index is 371. The summed E-state index contributed by atoms with van der Waals surface area (Å²) in [6.07, 6.45) is 0.947. The van der Waals surface area contributed by atoms with Crippen molar-refractivity contribution >= 4 is 5.97 Å². The van der Waals surface area contributed by atoms with Crippen molar-refractivity contribution in [1.82, 2.24) is 0 Å². The van der Waals surface area contributed by atoms with Gasteiger partial charge in [-0.15, -0.1) is 0 Å². The molecule has 0 amide bonds. The van der Waals surface area contributed by atoms with Crippen molar-refractivity contribution in [3.63, 3.8) is 0 Å². The van der Waals surface area contributed by atoms with Gasteiger partial charge >= 0.3 is 5.97 Å². The van der Waals surface area contributed by atoms with Crippen molar-refractivity contribution < 1.29 is 9.53 Å². The average molecular weight is 204 g/mol. The van der Waals surface area contributed by atoms with Crippen molar-refractivity contribution in [2.75, 3.05) is 6.61 Å². The van der Waals surface area contributed by atoms with Gasteiger partial charge in [-0.25, -0.2) is 0 Å². The number of benzene rings is 1. The van der Waals surface area contributed by atoms with Gasteiger partial charge < -0.3 is 4.74 Å². The number of hydrogen-bond donors (Lipinski definition) is 0. The van der Waals surface area contributed by atoms with E-state index in [9.17, 15) is 4.79 Å². The summed E-state index contributed by atoms with van der Waals surface area (Å²) in [7, 11) is 0. The lowest BCUT2D eigenvalue weighted by Gasteiger charge is -2.02. The van der Waals surface area contributed by atoms with Crippen LogP contribution >= 0.6 is 0 Å². The van der Waals surface area contributed by atoms with Crippen molar-refractivity contribution in [3.8, 4) is 0 Å². The largest absolute Gasteiger partial charge is 0.466 e. The van der Waals surface area contributed by atoms with E-state index in [1.165, 1.54) is 11.1 Å². The monoisotopic (exact) mass is 204 g/mol. The number of aryl methyl sites for hydroxylation is 1. The SMILES string of the molecule is CCOC(=O)C1CC1c1cccc(C)c1. The van der Waals surface area contributed by atoms with E-state index in [0.29, 0.717) is 12.5 Å². The summed E-state index contributed by atoms with van der Waals surface area (Å²) < 4.78 is 5.01. The Morgan fingerprint density at radius 1 is 1.53 bits per heavy atom. The molecule has 15 heavy (non-hydrogen) atoms. The summed E-state index contributed by atoms with van der Waals surface area (Å²) in [4.78, 5) is 11.5. The van der Waals surface area contributed by atoms with Gasteiger partial charge in [-0.2, -0.15) is 0 Å². The van der Waals surface area contributed by atoms with E-state index in [0.717, 1.165) is 6.42 Å². The third kappa shape index (κ3) is 2.20. The van der Waals surface area contributed by atoms with Gasteiger partial charge in [-0.1, -0.05) is 29.8 Å². The lowest BCUT2D eigenvalue weighted by atomic mass is 10.1. The van der Waals surface area contributed by atoms with Gasteiger partial charge in [0.05, 0.1) is 12.5 Å². The Hall–Kier alpha value is -1.31.